The van der Waals surface area contributed by atoms with E-state index >= 15 is 0 Å². The number of carbonyl (C=O) groups is 4. The molecule has 4 rings (SSSR count). The smallest absolute Gasteiger partial charge is 0.410 e. The molecule has 1 aromatic carbocycles. The summed E-state index contributed by atoms with van der Waals surface area (Å²) in [6.45, 7) is 18.8. The van der Waals surface area contributed by atoms with E-state index in [4.69, 9.17) is 14.2 Å². The number of carbonyl (C=O) groups excluding carboxylic acids is 4. The Hall–Kier alpha value is -3.34. The van der Waals surface area contributed by atoms with Crippen molar-refractivity contribution in [1.29, 1.82) is 0 Å². The Labute approximate surface area is 293 Å². The van der Waals surface area contributed by atoms with E-state index in [1.165, 1.54) is 4.90 Å². The zero-order valence-corrected chi connectivity index (χ0v) is 31.5. The van der Waals surface area contributed by atoms with Crippen molar-refractivity contribution < 1.29 is 33.4 Å². The SMILES string of the molecule is COCCCN1C(=O)C(C)(C)Oc2ccc(N(C(=O)[C@@H]3C[C@H](C(=O)NC(CC(C)C)CC(C)C)CN(C(=O)OC(C)(C)C)C3)C3CC3)cc21. The van der Waals surface area contributed by atoms with Gasteiger partial charge in [-0.2, -0.15) is 0 Å². The number of amides is 4. The van der Waals surface area contributed by atoms with E-state index in [-0.39, 0.29) is 42.9 Å². The van der Waals surface area contributed by atoms with Gasteiger partial charge in [-0.3, -0.25) is 14.4 Å². The Morgan fingerprint density at radius 1 is 1.04 bits per heavy atom. The second-order valence-electron chi connectivity index (χ2n) is 16.5. The quantitative estimate of drug-likeness (QED) is 0.247. The second kappa shape index (κ2) is 15.7. The molecule has 0 unspecified atom stereocenters. The van der Waals surface area contributed by atoms with Gasteiger partial charge in [0, 0.05) is 51.1 Å². The van der Waals surface area contributed by atoms with Crippen molar-refractivity contribution in [3.8, 4) is 5.75 Å². The monoisotopic (exact) mass is 684 g/mol. The van der Waals surface area contributed by atoms with Crippen molar-refractivity contribution in [3.05, 3.63) is 18.2 Å². The van der Waals surface area contributed by atoms with Gasteiger partial charge < -0.3 is 34.2 Å². The van der Waals surface area contributed by atoms with Gasteiger partial charge in [0.1, 0.15) is 11.4 Å². The zero-order chi connectivity index (χ0) is 36.3. The average molecular weight is 685 g/mol. The summed E-state index contributed by atoms with van der Waals surface area (Å²) >= 11 is 0. The van der Waals surface area contributed by atoms with Gasteiger partial charge in [0.25, 0.3) is 5.91 Å². The molecule has 0 bridgehead atoms. The minimum atomic E-state index is -1.03. The van der Waals surface area contributed by atoms with E-state index < -0.39 is 29.1 Å². The molecule has 2 atom stereocenters. The molecule has 1 aliphatic carbocycles. The molecular weight excluding hydrogens is 624 g/mol. The third kappa shape index (κ3) is 10.1. The van der Waals surface area contributed by atoms with Gasteiger partial charge in [-0.25, -0.2) is 4.79 Å². The maximum absolute atomic E-state index is 14.6. The van der Waals surface area contributed by atoms with E-state index in [1.807, 2.05) is 43.9 Å². The number of rotatable bonds is 13. The number of nitrogens with one attached hydrogen (secondary N) is 1. The minimum Gasteiger partial charge on any atom is -0.476 e. The van der Waals surface area contributed by atoms with Crippen molar-refractivity contribution in [1.82, 2.24) is 10.2 Å². The lowest BCUT2D eigenvalue weighted by Gasteiger charge is -2.41. The van der Waals surface area contributed by atoms with Gasteiger partial charge in [0.15, 0.2) is 5.60 Å². The van der Waals surface area contributed by atoms with E-state index in [0.717, 1.165) is 25.7 Å². The molecule has 3 aliphatic rings. The Balaban J connectivity index is 1.64. The molecular formula is C38H60N4O7. The molecule has 1 N–H and O–H groups in total. The summed E-state index contributed by atoms with van der Waals surface area (Å²) in [5, 5.41) is 3.28. The molecule has 2 fully saturated rings. The van der Waals surface area contributed by atoms with Crippen LogP contribution < -0.4 is 19.9 Å². The van der Waals surface area contributed by atoms with Gasteiger partial charge in [-0.1, -0.05) is 27.7 Å². The van der Waals surface area contributed by atoms with Crippen LogP contribution >= 0.6 is 0 Å². The highest BCUT2D eigenvalue weighted by atomic mass is 16.6. The number of ether oxygens (including phenoxy) is 3. The summed E-state index contributed by atoms with van der Waals surface area (Å²) in [7, 11) is 1.63. The third-order valence-corrected chi connectivity index (χ3v) is 9.20. The summed E-state index contributed by atoms with van der Waals surface area (Å²) in [4.78, 5) is 60.5. The number of nitrogens with zero attached hydrogens (tertiary/aromatic N) is 3. The van der Waals surface area contributed by atoms with Crippen molar-refractivity contribution in [2.75, 3.05) is 43.2 Å². The fourth-order valence-electron chi connectivity index (χ4n) is 6.96. The summed E-state index contributed by atoms with van der Waals surface area (Å²) in [5.41, 5.74) is -0.463. The topological polar surface area (TPSA) is 118 Å². The molecule has 49 heavy (non-hydrogen) atoms. The number of fused-ring (bicyclic) bond motifs is 1. The molecule has 2 aliphatic heterocycles. The van der Waals surface area contributed by atoms with Gasteiger partial charge in [-0.15, -0.1) is 0 Å². The first-order chi connectivity index (χ1) is 22.9. The number of likely N-dealkylation sites (tertiary alicyclic amines) is 1. The first kappa shape index (κ1) is 38.5. The van der Waals surface area contributed by atoms with Crippen LogP contribution in [0, 0.1) is 23.7 Å². The van der Waals surface area contributed by atoms with Crippen LogP contribution in [0.4, 0.5) is 16.2 Å². The Morgan fingerprint density at radius 3 is 2.24 bits per heavy atom. The average Bonchev–Trinajstić information content (AvgIpc) is 3.82. The number of hydrogen-bond donors (Lipinski definition) is 1. The molecule has 11 heteroatoms. The number of anilines is 2. The van der Waals surface area contributed by atoms with E-state index in [0.29, 0.717) is 55.0 Å². The van der Waals surface area contributed by atoms with Crippen molar-refractivity contribution in [2.45, 2.75) is 124 Å². The summed E-state index contributed by atoms with van der Waals surface area (Å²) in [6, 6.07) is 5.58. The normalized spacial score (nSPS) is 20.7. The predicted molar refractivity (Wildman–Crippen MR) is 191 cm³/mol. The maximum Gasteiger partial charge on any atom is 0.410 e. The number of piperidine rings is 1. The molecule has 0 radical (unpaired) electrons. The van der Waals surface area contributed by atoms with Gasteiger partial charge in [-0.05, 0) is 103 Å². The standard InChI is InChI=1S/C38H60N4O7/c1-24(2)18-28(19-25(3)4)39-33(43)26-20-27(23-40(22-26)36(46)49-37(5,6)7)34(44)42(29-12-13-29)30-14-15-32-31(21-30)41(16-11-17-47-10)35(45)38(8,9)48-32/h14-15,21,24-29H,11-13,16-20,22-23H2,1-10H3,(H,39,43)/t26-,27+/m0/s1. The molecule has 1 aromatic rings. The van der Waals surface area contributed by atoms with Crippen LogP contribution in [-0.2, 0) is 23.9 Å². The van der Waals surface area contributed by atoms with Gasteiger partial charge >= 0.3 is 6.09 Å². The molecule has 0 spiro atoms. The highest BCUT2D eigenvalue weighted by Gasteiger charge is 2.45. The van der Waals surface area contributed by atoms with Crippen LogP contribution in [0.25, 0.3) is 0 Å². The molecule has 11 nitrogen and oxygen atoms in total. The van der Waals surface area contributed by atoms with Crippen molar-refractivity contribution in [2.24, 2.45) is 23.7 Å². The first-order valence-corrected chi connectivity index (χ1v) is 18.2. The van der Waals surface area contributed by atoms with E-state index in [9.17, 15) is 19.2 Å². The molecule has 1 saturated heterocycles. The Kier molecular flexibility index (Phi) is 12.3. The van der Waals surface area contributed by atoms with E-state index in [1.54, 1.807) is 25.9 Å². The van der Waals surface area contributed by atoms with Crippen molar-refractivity contribution >= 4 is 35.2 Å². The first-order valence-electron chi connectivity index (χ1n) is 18.2. The number of benzene rings is 1. The maximum atomic E-state index is 14.6. The highest BCUT2D eigenvalue weighted by Crippen LogP contribution is 2.43. The van der Waals surface area contributed by atoms with Crippen molar-refractivity contribution in [3.63, 3.8) is 0 Å². The van der Waals surface area contributed by atoms with Crippen LogP contribution in [0.3, 0.4) is 0 Å². The summed E-state index contributed by atoms with van der Waals surface area (Å²) < 4.78 is 17.1. The third-order valence-electron chi connectivity index (χ3n) is 9.20. The fourth-order valence-corrected chi connectivity index (χ4v) is 6.96. The molecule has 4 amide bonds. The van der Waals surface area contributed by atoms with E-state index in [2.05, 4.69) is 33.0 Å². The van der Waals surface area contributed by atoms with Crippen LogP contribution in [0.2, 0.25) is 0 Å². The van der Waals surface area contributed by atoms with Crippen LogP contribution in [-0.4, -0.2) is 85.4 Å². The van der Waals surface area contributed by atoms with Crippen LogP contribution in [0.5, 0.6) is 5.75 Å². The lowest BCUT2D eigenvalue weighted by atomic mass is 9.86. The molecule has 274 valence electrons. The lowest BCUT2D eigenvalue weighted by molar-refractivity contribution is -0.133. The zero-order valence-electron chi connectivity index (χ0n) is 31.5. The van der Waals surface area contributed by atoms with Gasteiger partial charge in [0.05, 0.1) is 17.5 Å². The number of hydrogen-bond acceptors (Lipinski definition) is 7. The molecule has 2 heterocycles. The lowest BCUT2D eigenvalue weighted by Crippen LogP contribution is -2.54. The van der Waals surface area contributed by atoms with Crippen LogP contribution in [0.1, 0.15) is 101 Å². The largest absolute Gasteiger partial charge is 0.476 e. The molecule has 1 saturated carbocycles. The minimum absolute atomic E-state index is 0.00483. The summed E-state index contributed by atoms with van der Waals surface area (Å²) in [6.07, 6.45) is 3.85. The van der Waals surface area contributed by atoms with Crippen LogP contribution in [0.15, 0.2) is 18.2 Å². The predicted octanol–water partition coefficient (Wildman–Crippen LogP) is 6.17. The number of methoxy groups -OCH3 is 1. The highest BCUT2D eigenvalue weighted by molar-refractivity contribution is 6.04. The summed E-state index contributed by atoms with van der Waals surface area (Å²) in [5.74, 6) is -0.193. The Bertz CT molecular complexity index is 1340. The molecule has 0 aromatic heterocycles. The Morgan fingerprint density at radius 2 is 1.67 bits per heavy atom. The van der Waals surface area contributed by atoms with Gasteiger partial charge in [0.2, 0.25) is 11.8 Å². The second-order valence-corrected chi connectivity index (χ2v) is 16.5. The fraction of sp³-hybridized carbons (Fsp3) is 0.737.